The van der Waals surface area contributed by atoms with Crippen LogP contribution in [0, 0.1) is 20.8 Å². The largest absolute Gasteiger partial charge is 0.377 e. The van der Waals surface area contributed by atoms with E-state index < -0.39 is 10.1 Å². The molecule has 0 amide bonds. The number of hydrogen-bond donors (Lipinski definition) is 0. The highest BCUT2D eigenvalue weighted by Crippen LogP contribution is 2.36. The number of halogens is 2. The van der Waals surface area contributed by atoms with Crippen LogP contribution in [0.2, 0.25) is 0 Å². The third-order valence-corrected chi connectivity index (χ3v) is 6.65. The molecule has 0 unspecified atom stereocenters. The molecule has 3 rings (SSSR count). The van der Waals surface area contributed by atoms with E-state index in [-0.39, 0.29) is 10.6 Å². The normalized spacial score (nSPS) is 11.8. The van der Waals surface area contributed by atoms with Crippen molar-refractivity contribution >= 4 is 53.9 Å². The van der Waals surface area contributed by atoms with Crippen molar-refractivity contribution in [2.45, 2.75) is 25.7 Å². The molecule has 4 nitrogen and oxygen atoms in total. The van der Waals surface area contributed by atoms with Gasteiger partial charge in [-0.1, -0.05) is 29.8 Å². The fourth-order valence-corrected chi connectivity index (χ4v) is 5.16. The highest BCUT2D eigenvalue weighted by molar-refractivity contribution is 9.11. The summed E-state index contributed by atoms with van der Waals surface area (Å²) in [5, 5.41) is 0. The Morgan fingerprint density at radius 3 is 2.07 bits per heavy atom. The van der Waals surface area contributed by atoms with Gasteiger partial charge in [0, 0.05) is 6.21 Å². The minimum atomic E-state index is -3.95. The fraction of sp³-hybridized carbons (Fsp3) is 0.136. The van der Waals surface area contributed by atoms with Gasteiger partial charge < -0.3 is 4.18 Å². The summed E-state index contributed by atoms with van der Waals surface area (Å²) in [7, 11) is -3.95. The van der Waals surface area contributed by atoms with Crippen molar-refractivity contribution in [2.75, 3.05) is 0 Å². The molecule has 7 heteroatoms. The Morgan fingerprint density at radius 2 is 1.45 bits per heavy atom. The Labute approximate surface area is 188 Å². The van der Waals surface area contributed by atoms with Gasteiger partial charge in [0.2, 0.25) is 0 Å². The molecule has 0 aliphatic rings. The van der Waals surface area contributed by atoms with Gasteiger partial charge in [0.1, 0.15) is 4.90 Å². The van der Waals surface area contributed by atoms with E-state index in [1.807, 2.05) is 39.0 Å². The molecule has 0 N–H and O–H groups in total. The van der Waals surface area contributed by atoms with Gasteiger partial charge in [0.25, 0.3) is 0 Å². The maximum Gasteiger partial charge on any atom is 0.339 e. The van der Waals surface area contributed by atoms with Crippen LogP contribution in [-0.2, 0) is 10.1 Å². The summed E-state index contributed by atoms with van der Waals surface area (Å²) in [6.45, 7) is 5.92. The summed E-state index contributed by atoms with van der Waals surface area (Å²) in [4.78, 5) is 4.65. The molecule has 0 aliphatic carbocycles. The van der Waals surface area contributed by atoms with E-state index in [9.17, 15) is 8.42 Å². The molecule has 0 atom stereocenters. The zero-order chi connectivity index (χ0) is 21.2. The zero-order valence-electron chi connectivity index (χ0n) is 16.1. The summed E-state index contributed by atoms with van der Waals surface area (Å²) in [5.74, 6) is 0.189. The van der Waals surface area contributed by atoms with Gasteiger partial charge in [-0.25, -0.2) is 0 Å². The third-order valence-electron chi connectivity index (χ3n) is 4.24. The van der Waals surface area contributed by atoms with Crippen molar-refractivity contribution in [3.05, 3.63) is 85.8 Å². The molecule has 0 aromatic heterocycles. The van der Waals surface area contributed by atoms with E-state index in [4.69, 9.17) is 4.18 Å². The van der Waals surface area contributed by atoms with Gasteiger partial charge in [-0.05, 0) is 99.7 Å². The van der Waals surface area contributed by atoms with E-state index in [0.29, 0.717) is 8.95 Å². The van der Waals surface area contributed by atoms with Gasteiger partial charge in [-0.2, -0.15) is 8.42 Å². The van der Waals surface area contributed by atoms with Crippen molar-refractivity contribution in [2.24, 2.45) is 4.99 Å². The summed E-state index contributed by atoms with van der Waals surface area (Å²) < 4.78 is 31.6. The van der Waals surface area contributed by atoms with Crippen LogP contribution in [0.4, 0.5) is 5.69 Å². The second kappa shape index (κ2) is 8.81. The molecule has 0 fully saturated rings. The number of aryl methyl sites for hydroxylation is 3. The zero-order valence-corrected chi connectivity index (χ0v) is 20.1. The minimum Gasteiger partial charge on any atom is -0.377 e. The SMILES string of the molecule is Cc1ccc(S(=O)(=O)Oc2c(Br)cc(C=Nc3cc(C)ccc3C)cc2Br)cc1. The van der Waals surface area contributed by atoms with Gasteiger partial charge in [-0.15, -0.1) is 0 Å². The van der Waals surface area contributed by atoms with Crippen LogP contribution in [0.1, 0.15) is 22.3 Å². The molecular weight excluding hydrogens is 518 g/mol. The summed E-state index contributed by atoms with van der Waals surface area (Å²) in [6.07, 6.45) is 1.73. The molecule has 0 aliphatic heterocycles. The van der Waals surface area contributed by atoms with Crippen molar-refractivity contribution in [1.29, 1.82) is 0 Å². The lowest BCUT2D eigenvalue weighted by Crippen LogP contribution is -2.10. The highest BCUT2D eigenvalue weighted by atomic mass is 79.9. The monoisotopic (exact) mass is 535 g/mol. The third kappa shape index (κ3) is 5.35. The quantitative estimate of drug-likeness (QED) is 0.271. The number of benzene rings is 3. The topological polar surface area (TPSA) is 55.7 Å². The van der Waals surface area contributed by atoms with E-state index in [1.165, 1.54) is 12.1 Å². The predicted molar refractivity (Wildman–Crippen MR) is 124 cm³/mol. The first-order chi connectivity index (χ1) is 13.7. The number of hydrogen-bond acceptors (Lipinski definition) is 4. The molecule has 3 aromatic rings. The van der Waals surface area contributed by atoms with Crippen molar-refractivity contribution in [3.63, 3.8) is 0 Å². The Bertz CT molecular complexity index is 1160. The number of rotatable bonds is 5. The van der Waals surface area contributed by atoms with Crippen LogP contribution >= 0.6 is 31.9 Å². The van der Waals surface area contributed by atoms with E-state index >= 15 is 0 Å². The molecule has 0 bridgehead atoms. The maximum absolute atomic E-state index is 12.6. The van der Waals surface area contributed by atoms with Gasteiger partial charge in [-0.3, -0.25) is 4.99 Å². The van der Waals surface area contributed by atoms with E-state index in [2.05, 4.69) is 36.9 Å². The molecule has 29 heavy (non-hydrogen) atoms. The lowest BCUT2D eigenvalue weighted by molar-refractivity contribution is 0.483. The second-order valence-electron chi connectivity index (χ2n) is 6.71. The Morgan fingerprint density at radius 1 is 0.862 bits per heavy atom. The van der Waals surface area contributed by atoms with Crippen LogP contribution in [0.3, 0.4) is 0 Å². The number of nitrogens with zero attached hydrogens (tertiary/aromatic N) is 1. The molecule has 150 valence electrons. The first-order valence-electron chi connectivity index (χ1n) is 8.77. The first-order valence-corrected chi connectivity index (χ1v) is 11.8. The summed E-state index contributed by atoms with van der Waals surface area (Å²) in [6, 6.07) is 16.1. The van der Waals surface area contributed by atoms with Crippen molar-refractivity contribution in [3.8, 4) is 5.75 Å². The Kier molecular flexibility index (Phi) is 6.61. The van der Waals surface area contributed by atoms with E-state index in [1.54, 1.807) is 30.5 Å². The minimum absolute atomic E-state index is 0.0995. The molecule has 0 radical (unpaired) electrons. The lowest BCUT2D eigenvalue weighted by atomic mass is 10.1. The molecule has 0 spiro atoms. The van der Waals surface area contributed by atoms with Crippen LogP contribution in [0.15, 0.2) is 73.4 Å². The van der Waals surface area contributed by atoms with Gasteiger partial charge in [0.05, 0.1) is 14.6 Å². The van der Waals surface area contributed by atoms with Crippen molar-refractivity contribution < 1.29 is 12.6 Å². The fourth-order valence-electron chi connectivity index (χ4n) is 2.60. The predicted octanol–water partition coefficient (Wildman–Crippen LogP) is 6.66. The number of aliphatic imine (C=N–C) groups is 1. The lowest BCUT2D eigenvalue weighted by Gasteiger charge is -2.11. The smallest absolute Gasteiger partial charge is 0.339 e. The van der Waals surface area contributed by atoms with Crippen LogP contribution in [-0.4, -0.2) is 14.6 Å². The molecular formula is C22H19Br2NO3S. The Balaban J connectivity index is 1.88. The summed E-state index contributed by atoms with van der Waals surface area (Å²) in [5.41, 5.74) is 4.87. The van der Waals surface area contributed by atoms with Gasteiger partial charge >= 0.3 is 10.1 Å². The van der Waals surface area contributed by atoms with Crippen LogP contribution < -0.4 is 4.18 Å². The average molecular weight is 537 g/mol. The standard InChI is InChI=1S/C22H19Br2NO3S/c1-14-5-8-18(9-6-14)29(26,27)28-22-19(23)11-17(12-20(22)24)13-25-21-10-15(2)4-7-16(21)3/h4-13H,1-3H3. The second-order valence-corrected chi connectivity index (χ2v) is 9.97. The molecule has 0 heterocycles. The highest BCUT2D eigenvalue weighted by Gasteiger charge is 2.20. The summed E-state index contributed by atoms with van der Waals surface area (Å²) >= 11 is 6.81. The van der Waals surface area contributed by atoms with E-state index in [0.717, 1.165) is 27.9 Å². The van der Waals surface area contributed by atoms with Gasteiger partial charge in [0.15, 0.2) is 5.75 Å². The van der Waals surface area contributed by atoms with Crippen molar-refractivity contribution in [1.82, 2.24) is 0 Å². The van der Waals surface area contributed by atoms with Crippen LogP contribution in [0.25, 0.3) is 0 Å². The Hall–Kier alpha value is -1.96. The molecule has 0 saturated carbocycles. The first kappa shape index (κ1) is 21.7. The van der Waals surface area contributed by atoms with Crippen LogP contribution in [0.5, 0.6) is 5.75 Å². The average Bonchev–Trinajstić information content (AvgIpc) is 2.66. The molecule has 0 saturated heterocycles. The molecule has 3 aromatic carbocycles. The maximum atomic E-state index is 12.6.